The molecular formula is C11H16ClN3O2. The molecule has 1 aromatic carbocycles. The number of carbonyl (C=O) groups is 1. The lowest BCUT2D eigenvalue weighted by atomic mass is 10.1. The molecule has 0 unspecified atom stereocenters. The highest BCUT2D eigenvalue weighted by atomic mass is 35.5. The highest BCUT2D eigenvalue weighted by Crippen LogP contribution is 2.10. The second kappa shape index (κ2) is 6.44. The molecule has 1 heterocycles. The molecule has 1 aliphatic rings. The number of ether oxygens (including phenoxy) is 1. The van der Waals surface area contributed by atoms with E-state index in [1.807, 2.05) is 30.3 Å². The fraction of sp³-hybridized carbons (Fsp3) is 0.364. The van der Waals surface area contributed by atoms with Crippen LogP contribution in [0, 0.1) is 0 Å². The van der Waals surface area contributed by atoms with Crippen molar-refractivity contribution in [1.29, 1.82) is 0 Å². The van der Waals surface area contributed by atoms with E-state index in [4.69, 9.17) is 10.6 Å². The number of rotatable bonds is 3. The van der Waals surface area contributed by atoms with Gasteiger partial charge in [0.25, 0.3) is 0 Å². The van der Waals surface area contributed by atoms with Crippen molar-refractivity contribution in [1.82, 2.24) is 10.3 Å². The van der Waals surface area contributed by atoms with Crippen molar-refractivity contribution in [2.24, 2.45) is 5.84 Å². The maximum Gasteiger partial charge on any atom is 0.410 e. The zero-order valence-corrected chi connectivity index (χ0v) is 10.2. The molecule has 0 saturated carbocycles. The SMILES string of the molecule is Cl.NNC1CN(C(=O)OCc2ccccc2)C1. The standard InChI is InChI=1S/C11H15N3O2.ClH/c12-13-10-6-14(7-10)11(15)16-8-9-4-2-1-3-5-9;/h1-5,10,13H,6-8,12H2;1H. The second-order valence-corrected chi connectivity index (χ2v) is 3.81. The lowest BCUT2D eigenvalue weighted by molar-refractivity contribution is 0.0605. The number of benzene rings is 1. The smallest absolute Gasteiger partial charge is 0.410 e. The topological polar surface area (TPSA) is 67.6 Å². The Kier molecular flexibility index (Phi) is 5.21. The lowest BCUT2D eigenvalue weighted by Gasteiger charge is -2.37. The minimum absolute atomic E-state index is 0. The molecule has 0 aromatic heterocycles. The van der Waals surface area contributed by atoms with Gasteiger partial charge >= 0.3 is 6.09 Å². The Morgan fingerprint density at radius 1 is 1.41 bits per heavy atom. The number of nitrogens with two attached hydrogens (primary N) is 1. The molecule has 1 amide bonds. The van der Waals surface area contributed by atoms with Gasteiger partial charge in [-0.15, -0.1) is 12.4 Å². The van der Waals surface area contributed by atoms with E-state index in [0.29, 0.717) is 19.7 Å². The van der Waals surface area contributed by atoms with Crippen LogP contribution >= 0.6 is 12.4 Å². The maximum atomic E-state index is 11.5. The van der Waals surface area contributed by atoms with E-state index >= 15 is 0 Å². The predicted molar refractivity (Wildman–Crippen MR) is 66.6 cm³/mol. The number of hydrogen-bond acceptors (Lipinski definition) is 4. The second-order valence-electron chi connectivity index (χ2n) is 3.81. The van der Waals surface area contributed by atoms with Crippen molar-refractivity contribution in [3.8, 4) is 0 Å². The molecule has 6 heteroatoms. The molecule has 5 nitrogen and oxygen atoms in total. The van der Waals surface area contributed by atoms with E-state index in [2.05, 4.69) is 5.43 Å². The summed E-state index contributed by atoms with van der Waals surface area (Å²) in [6.07, 6.45) is -0.282. The zero-order chi connectivity index (χ0) is 11.4. The van der Waals surface area contributed by atoms with Gasteiger partial charge in [-0.25, -0.2) is 4.79 Å². The Hall–Kier alpha value is -1.30. The molecule has 1 aromatic rings. The van der Waals surface area contributed by atoms with Crippen molar-refractivity contribution in [3.05, 3.63) is 35.9 Å². The molecule has 3 N–H and O–H groups in total. The first-order chi connectivity index (χ1) is 7.79. The van der Waals surface area contributed by atoms with Crippen molar-refractivity contribution in [2.75, 3.05) is 13.1 Å². The molecule has 0 spiro atoms. The monoisotopic (exact) mass is 257 g/mol. The van der Waals surface area contributed by atoms with Gasteiger partial charge in [0.2, 0.25) is 0 Å². The van der Waals surface area contributed by atoms with Crippen molar-refractivity contribution >= 4 is 18.5 Å². The minimum atomic E-state index is -0.282. The van der Waals surface area contributed by atoms with Gasteiger partial charge in [0.05, 0.1) is 6.04 Å². The Labute approximate surface area is 106 Å². The summed E-state index contributed by atoms with van der Waals surface area (Å²) in [7, 11) is 0. The van der Waals surface area contributed by atoms with Gasteiger partial charge < -0.3 is 9.64 Å². The zero-order valence-electron chi connectivity index (χ0n) is 9.33. The third-order valence-corrected chi connectivity index (χ3v) is 2.58. The number of nitrogens with one attached hydrogen (secondary N) is 1. The third kappa shape index (κ3) is 3.59. The molecule has 17 heavy (non-hydrogen) atoms. The quantitative estimate of drug-likeness (QED) is 0.624. The molecule has 0 radical (unpaired) electrons. The van der Waals surface area contributed by atoms with E-state index < -0.39 is 0 Å². The van der Waals surface area contributed by atoms with Gasteiger partial charge in [-0.2, -0.15) is 0 Å². The molecule has 94 valence electrons. The van der Waals surface area contributed by atoms with Gasteiger partial charge in [-0.05, 0) is 5.56 Å². The molecule has 1 saturated heterocycles. The van der Waals surface area contributed by atoms with Crippen LogP contribution in [0.1, 0.15) is 5.56 Å². The minimum Gasteiger partial charge on any atom is -0.445 e. The molecular weight excluding hydrogens is 242 g/mol. The van der Waals surface area contributed by atoms with Crippen LogP contribution < -0.4 is 11.3 Å². The summed E-state index contributed by atoms with van der Waals surface area (Å²) < 4.78 is 5.14. The fourth-order valence-corrected chi connectivity index (χ4v) is 1.54. The summed E-state index contributed by atoms with van der Waals surface area (Å²) in [5.41, 5.74) is 3.60. The number of hydrazine groups is 1. The first-order valence-electron chi connectivity index (χ1n) is 5.21. The molecule has 1 fully saturated rings. The van der Waals surface area contributed by atoms with E-state index in [9.17, 15) is 4.79 Å². The van der Waals surface area contributed by atoms with Gasteiger partial charge in [0.1, 0.15) is 6.61 Å². The summed E-state index contributed by atoms with van der Waals surface area (Å²) in [6, 6.07) is 9.81. The molecule has 2 rings (SSSR count). The Balaban J connectivity index is 0.00000144. The van der Waals surface area contributed by atoms with Crippen LogP contribution in [-0.4, -0.2) is 30.1 Å². The lowest BCUT2D eigenvalue weighted by Crippen LogP contribution is -2.61. The Bertz CT molecular complexity index is 355. The summed E-state index contributed by atoms with van der Waals surface area (Å²) in [4.78, 5) is 13.1. The van der Waals surface area contributed by atoms with Crippen LogP contribution in [0.2, 0.25) is 0 Å². The number of hydrogen-bond donors (Lipinski definition) is 2. The summed E-state index contributed by atoms with van der Waals surface area (Å²) in [5.74, 6) is 5.23. The third-order valence-electron chi connectivity index (χ3n) is 2.58. The van der Waals surface area contributed by atoms with Gasteiger partial charge in [0, 0.05) is 13.1 Å². The Morgan fingerprint density at radius 3 is 2.65 bits per heavy atom. The van der Waals surface area contributed by atoms with E-state index in [-0.39, 0.29) is 24.5 Å². The van der Waals surface area contributed by atoms with Crippen molar-refractivity contribution < 1.29 is 9.53 Å². The van der Waals surface area contributed by atoms with E-state index in [1.165, 1.54) is 0 Å². The first kappa shape index (κ1) is 13.8. The average Bonchev–Trinajstić information content (AvgIpc) is 2.26. The maximum absolute atomic E-state index is 11.5. The molecule has 0 bridgehead atoms. The molecule has 1 aliphatic heterocycles. The first-order valence-corrected chi connectivity index (χ1v) is 5.21. The Morgan fingerprint density at radius 2 is 2.06 bits per heavy atom. The highest BCUT2D eigenvalue weighted by molar-refractivity contribution is 5.85. The van der Waals surface area contributed by atoms with E-state index in [1.54, 1.807) is 4.90 Å². The largest absolute Gasteiger partial charge is 0.445 e. The molecule has 0 atom stereocenters. The number of nitrogens with zero attached hydrogens (tertiary/aromatic N) is 1. The number of carbonyl (C=O) groups excluding carboxylic acids is 1. The van der Waals surface area contributed by atoms with Crippen LogP contribution in [0.5, 0.6) is 0 Å². The van der Waals surface area contributed by atoms with Crippen molar-refractivity contribution in [2.45, 2.75) is 12.6 Å². The van der Waals surface area contributed by atoms with Crippen LogP contribution in [0.3, 0.4) is 0 Å². The number of amides is 1. The summed E-state index contributed by atoms with van der Waals surface area (Å²) in [5, 5.41) is 0. The predicted octanol–water partition coefficient (Wildman–Crippen LogP) is 0.892. The van der Waals surface area contributed by atoms with Crippen LogP contribution in [0.4, 0.5) is 4.79 Å². The van der Waals surface area contributed by atoms with Gasteiger partial charge in [-0.1, -0.05) is 30.3 Å². The van der Waals surface area contributed by atoms with Crippen LogP contribution in [0.15, 0.2) is 30.3 Å². The van der Waals surface area contributed by atoms with Crippen LogP contribution in [-0.2, 0) is 11.3 Å². The average molecular weight is 258 g/mol. The van der Waals surface area contributed by atoms with Gasteiger partial charge in [-0.3, -0.25) is 11.3 Å². The normalized spacial score (nSPS) is 14.8. The number of likely N-dealkylation sites (tertiary alicyclic amines) is 1. The number of halogens is 1. The van der Waals surface area contributed by atoms with Gasteiger partial charge in [0.15, 0.2) is 0 Å². The fourth-order valence-electron chi connectivity index (χ4n) is 1.54. The highest BCUT2D eigenvalue weighted by Gasteiger charge is 2.30. The summed E-state index contributed by atoms with van der Waals surface area (Å²) >= 11 is 0. The van der Waals surface area contributed by atoms with Crippen LogP contribution in [0.25, 0.3) is 0 Å². The van der Waals surface area contributed by atoms with Crippen molar-refractivity contribution in [3.63, 3.8) is 0 Å². The van der Waals surface area contributed by atoms with E-state index in [0.717, 1.165) is 5.56 Å². The molecule has 0 aliphatic carbocycles. The summed E-state index contributed by atoms with van der Waals surface area (Å²) in [6.45, 7) is 1.55.